The summed E-state index contributed by atoms with van der Waals surface area (Å²) < 4.78 is 17.1. The van der Waals surface area contributed by atoms with Crippen molar-refractivity contribution in [2.75, 3.05) is 13.7 Å². The third-order valence-corrected chi connectivity index (χ3v) is 7.77. The number of hydrogen-bond acceptors (Lipinski definition) is 10. The number of ether oxygens (including phenoxy) is 3. The molecule has 2 aliphatic carbocycles. The van der Waals surface area contributed by atoms with Crippen molar-refractivity contribution >= 4 is 17.3 Å². The smallest absolute Gasteiger partial charge is 0.202 e. The molecule has 5 rings (SSSR count). The van der Waals surface area contributed by atoms with E-state index in [-0.39, 0.29) is 64.4 Å². The van der Waals surface area contributed by atoms with Gasteiger partial charge >= 0.3 is 0 Å². The topological polar surface area (TPSA) is 166 Å². The van der Waals surface area contributed by atoms with Crippen LogP contribution in [-0.4, -0.2) is 70.7 Å². The first kappa shape index (κ1) is 25.3. The molecule has 1 fully saturated rings. The van der Waals surface area contributed by atoms with Crippen LogP contribution in [-0.2, 0) is 20.7 Å². The van der Waals surface area contributed by atoms with E-state index >= 15 is 0 Å². The van der Waals surface area contributed by atoms with Crippen LogP contribution < -0.4 is 10.5 Å². The molecule has 6 atom stereocenters. The number of rotatable bonds is 4. The summed E-state index contributed by atoms with van der Waals surface area (Å²) in [4.78, 5) is 39.5. The summed E-state index contributed by atoms with van der Waals surface area (Å²) in [5.74, 6) is -2.85. The summed E-state index contributed by atoms with van der Waals surface area (Å²) in [6.45, 7) is 3.17. The van der Waals surface area contributed by atoms with Gasteiger partial charge in [0.1, 0.15) is 23.0 Å². The molecule has 2 aromatic rings. The van der Waals surface area contributed by atoms with E-state index in [2.05, 4.69) is 0 Å². The number of phenolic OH excluding ortho intramolecular Hbond substituents is 2. The molecule has 1 saturated heterocycles. The maximum absolute atomic E-state index is 13.6. The molecule has 0 radical (unpaired) electrons. The Morgan fingerprint density at radius 1 is 1.11 bits per heavy atom. The Labute approximate surface area is 212 Å². The highest BCUT2D eigenvalue weighted by Gasteiger charge is 2.45. The number of ketones is 3. The van der Waals surface area contributed by atoms with Gasteiger partial charge in [-0.05, 0) is 32.8 Å². The summed E-state index contributed by atoms with van der Waals surface area (Å²) in [5, 5.41) is 33.2. The zero-order valence-corrected chi connectivity index (χ0v) is 20.7. The van der Waals surface area contributed by atoms with Gasteiger partial charge in [-0.3, -0.25) is 14.4 Å². The average molecular weight is 512 g/mol. The van der Waals surface area contributed by atoms with Crippen LogP contribution in [0.5, 0.6) is 17.2 Å². The normalized spacial score (nSPS) is 28.8. The second-order valence-corrected chi connectivity index (χ2v) is 9.90. The van der Waals surface area contributed by atoms with Crippen molar-refractivity contribution in [3.63, 3.8) is 0 Å². The number of benzene rings is 2. The number of methoxy groups -OCH3 is 1. The third kappa shape index (κ3) is 3.83. The van der Waals surface area contributed by atoms with Crippen molar-refractivity contribution in [1.82, 2.24) is 0 Å². The minimum atomic E-state index is -1.00. The number of fused-ring (bicyclic) bond motifs is 3. The van der Waals surface area contributed by atoms with Gasteiger partial charge in [0.05, 0.1) is 60.9 Å². The second kappa shape index (κ2) is 9.21. The number of carbonyl (C=O) groups excluding carboxylic acids is 3. The van der Waals surface area contributed by atoms with E-state index in [1.54, 1.807) is 13.0 Å². The highest BCUT2D eigenvalue weighted by Crippen LogP contribution is 2.51. The fraction of sp³-hybridized carbons (Fsp3) is 0.444. The molecule has 1 aliphatic heterocycles. The number of phenols is 2. The van der Waals surface area contributed by atoms with Gasteiger partial charge in [0.15, 0.2) is 5.78 Å². The lowest BCUT2D eigenvalue weighted by Gasteiger charge is -2.41. The van der Waals surface area contributed by atoms with Crippen molar-refractivity contribution in [3.8, 4) is 17.2 Å². The Kier molecular flexibility index (Phi) is 6.31. The van der Waals surface area contributed by atoms with Gasteiger partial charge in [0.2, 0.25) is 5.78 Å². The van der Waals surface area contributed by atoms with Crippen LogP contribution in [0.2, 0.25) is 0 Å². The van der Waals surface area contributed by atoms with Crippen molar-refractivity contribution < 1.29 is 43.9 Å². The van der Waals surface area contributed by atoms with Crippen molar-refractivity contribution in [2.24, 2.45) is 11.7 Å². The largest absolute Gasteiger partial charge is 0.507 e. The van der Waals surface area contributed by atoms with Crippen molar-refractivity contribution in [2.45, 2.75) is 57.1 Å². The van der Waals surface area contributed by atoms with Gasteiger partial charge in [-0.1, -0.05) is 12.1 Å². The first-order valence-electron chi connectivity index (χ1n) is 12.1. The molecule has 10 nitrogen and oxygen atoms in total. The molecular weight excluding hydrogens is 482 g/mol. The fourth-order valence-electron chi connectivity index (χ4n) is 5.64. The van der Waals surface area contributed by atoms with Crippen molar-refractivity contribution in [1.29, 1.82) is 0 Å². The van der Waals surface area contributed by atoms with E-state index in [1.807, 2.05) is 0 Å². The molecule has 37 heavy (non-hydrogen) atoms. The lowest BCUT2D eigenvalue weighted by molar-refractivity contribution is -0.166. The van der Waals surface area contributed by atoms with E-state index in [1.165, 1.54) is 26.2 Å². The average Bonchev–Trinajstić information content (AvgIpc) is 2.88. The molecule has 0 spiro atoms. The molecular formula is C27H29NO9. The van der Waals surface area contributed by atoms with Gasteiger partial charge in [0, 0.05) is 22.6 Å². The first-order chi connectivity index (χ1) is 17.6. The highest BCUT2D eigenvalue weighted by molar-refractivity contribution is 6.31. The molecule has 2 unspecified atom stereocenters. The van der Waals surface area contributed by atoms with E-state index in [4.69, 9.17) is 19.9 Å². The maximum atomic E-state index is 13.6. The number of carbonyl (C=O) groups is 3. The lowest BCUT2D eigenvalue weighted by atomic mass is 9.73. The number of aromatic hydroxyl groups is 2. The van der Waals surface area contributed by atoms with Crippen LogP contribution in [0.1, 0.15) is 69.3 Å². The van der Waals surface area contributed by atoms with Crippen LogP contribution in [0.25, 0.3) is 0 Å². The molecule has 0 bridgehead atoms. The molecule has 10 heteroatoms. The standard InChI is InChI=1S/C27H29NO9/c1-10(29)12-7-14-19(16(8-12)37-17-9-36-11(2)23(30)22(17)28)27(34)21-20(25(14)32)24(31)13-5-4-6-15(35-3)18(13)26(21)33/h4-6,11-12,16-17,22-23,30,32,34H,7-9,28H2,1-3H3/t11-,12+,16-,17-,22?,23?/m0/s1. The zero-order valence-electron chi connectivity index (χ0n) is 20.7. The molecule has 0 saturated carbocycles. The van der Waals surface area contributed by atoms with E-state index < -0.39 is 59.4 Å². The Hall–Kier alpha value is -3.31. The number of nitrogens with two attached hydrogens (primary N) is 1. The quantitative estimate of drug-likeness (QED) is 0.378. The monoisotopic (exact) mass is 511 g/mol. The summed E-state index contributed by atoms with van der Waals surface area (Å²) in [6.07, 6.45) is -3.05. The molecule has 0 amide bonds. The molecule has 5 N–H and O–H groups in total. The van der Waals surface area contributed by atoms with E-state index in [0.717, 1.165) is 0 Å². The van der Waals surface area contributed by atoms with Gasteiger partial charge in [0.25, 0.3) is 0 Å². The number of aliphatic hydroxyl groups excluding tert-OH is 1. The Bertz CT molecular complexity index is 1320. The van der Waals surface area contributed by atoms with Crippen LogP contribution in [0.3, 0.4) is 0 Å². The number of hydrogen-bond donors (Lipinski definition) is 4. The van der Waals surface area contributed by atoms with Crippen LogP contribution in [0.4, 0.5) is 0 Å². The van der Waals surface area contributed by atoms with Gasteiger partial charge < -0.3 is 35.3 Å². The Morgan fingerprint density at radius 3 is 2.49 bits per heavy atom. The molecule has 0 aromatic heterocycles. The maximum Gasteiger partial charge on any atom is 0.202 e. The second-order valence-electron chi connectivity index (χ2n) is 9.90. The minimum absolute atomic E-state index is 0.00754. The third-order valence-electron chi connectivity index (χ3n) is 7.77. The van der Waals surface area contributed by atoms with Crippen molar-refractivity contribution in [3.05, 3.63) is 51.6 Å². The van der Waals surface area contributed by atoms with E-state index in [0.29, 0.717) is 0 Å². The summed E-state index contributed by atoms with van der Waals surface area (Å²) >= 11 is 0. The zero-order chi connectivity index (χ0) is 26.8. The van der Waals surface area contributed by atoms with Gasteiger partial charge in [-0.25, -0.2) is 0 Å². The fourth-order valence-corrected chi connectivity index (χ4v) is 5.64. The Morgan fingerprint density at radius 2 is 1.81 bits per heavy atom. The highest BCUT2D eigenvalue weighted by atomic mass is 16.6. The molecule has 196 valence electrons. The number of aliphatic hydroxyl groups is 1. The summed E-state index contributed by atoms with van der Waals surface area (Å²) in [5.41, 5.74) is 5.87. The molecule has 3 aliphatic rings. The summed E-state index contributed by atoms with van der Waals surface area (Å²) in [6, 6.07) is 3.74. The van der Waals surface area contributed by atoms with Crippen LogP contribution in [0.15, 0.2) is 18.2 Å². The Balaban J connectivity index is 1.67. The lowest BCUT2D eigenvalue weighted by Crippen LogP contribution is -2.57. The van der Waals surface area contributed by atoms with Crippen LogP contribution in [0, 0.1) is 5.92 Å². The molecule has 1 heterocycles. The minimum Gasteiger partial charge on any atom is -0.507 e. The summed E-state index contributed by atoms with van der Waals surface area (Å²) in [7, 11) is 1.36. The van der Waals surface area contributed by atoms with Crippen LogP contribution >= 0.6 is 0 Å². The predicted octanol–water partition coefficient (Wildman–Crippen LogP) is 1.57. The van der Waals surface area contributed by atoms with Gasteiger partial charge in [-0.15, -0.1) is 0 Å². The SMILES string of the molecule is COc1cccc2c1C(=O)c1c(O)c3c(c(O)c1C2=O)C[C@@H](C(C)=O)C[C@@H]3O[C@H]1CO[C@@H](C)C(O)C1N. The van der Waals surface area contributed by atoms with E-state index in [9.17, 15) is 29.7 Å². The number of Topliss-reactive ketones (excluding diaryl/α,β-unsaturated/α-hetero) is 1. The predicted molar refractivity (Wildman–Crippen MR) is 129 cm³/mol. The first-order valence-corrected chi connectivity index (χ1v) is 12.1. The van der Waals surface area contributed by atoms with Gasteiger partial charge in [-0.2, -0.15) is 0 Å². The molecule has 2 aromatic carbocycles.